The van der Waals surface area contributed by atoms with E-state index >= 15 is 0 Å². The van der Waals surface area contributed by atoms with Gasteiger partial charge < -0.3 is 9.16 Å². The highest BCUT2D eigenvalue weighted by Crippen LogP contribution is 2.39. The fourth-order valence-corrected chi connectivity index (χ4v) is 6.51. The second-order valence-corrected chi connectivity index (χ2v) is 16.3. The van der Waals surface area contributed by atoms with E-state index in [0.29, 0.717) is 6.42 Å². The second-order valence-electron chi connectivity index (χ2n) is 9.70. The largest absolute Gasteiger partial charge is 0.457 e. The molecule has 0 aromatic heterocycles. The fourth-order valence-electron chi connectivity index (χ4n) is 3.48. The van der Waals surface area contributed by atoms with E-state index in [1.165, 1.54) is 31.2 Å². The van der Waals surface area contributed by atoms with E-state index in [2.05, 4.69) is 27.4 Å². The van der Waals surface area contributed by atoms with Crippen LogP contribution in [0.5, 0.6) is 0 Å². The van der Waals surface area contributed by atoms with Crippen LogP contribution in [0.2, 0.25) is 18.1 Å². The first kappa shape index (κ1) is 27.9. The van der Waals surface area contributed by atoms with Gasteiger partial charge in [0.25, 0.3) is 15.7 Å². The fraction of sp³-hybridized carbons (Fsp3) is 0.522. The van der Waals surface area contributed by atoms with E-state index in [0.717, 1.165) is 10.4 Å². The van der Waals surface area contributed by atoms with Crippen molar-refractivity contribution in [3.05, 3.63) is 59.2 Å². The van der Waals surface area contributed by atoms with E-state index in [4.69, 9.17) is 9.16 Å². The van der Waals surface area contributed by atoms with E-state index in [1.807, 2.05) is 13.1 Å². The van der Waals surface area contributed by atoms with Gasteiger partial charge >= 0.3 is 5.97 Å². The average Bonchev–Trinajstić information content (AvgIpc) is 2.75. The van der Waals surface area contributed by atoms with E-state index in [1.54, 1.807) is 12.2 Å². The number of benzene rings is 1. The lowest BCUT2D eigenvalue weighted by Gasteiger charge is -2.43. The monoisotopic (exact) mass is 510 g/mol. The highest BCUT2D eigenvalue weighted by Gasteiger charge is 2.46. The highest BCUT2D eigenvalue weighted by molar-refractivity contribution is 7.89. The number of ether oxygens (including phenoxy) is 1. The van der Waals surface area contributed by atoms with Crippen molar-refractivity contribution in [3.63, 3.8) is 0 Å². The Balaban J connectivity index is 2.58. The number of nitrogens with zero attached hydrogens (tertiary/aromatic N) is 2. The van der Waals surface area contributed by atoms with Crippen molar-refractivity contribution in [2.75, 3.05) is 6.54 Å². The number of carbonyl (C=O) groups excluding carboxylic acids is 1. The number of sulfonamides is 1. The van der Waals surface area contributed by atoms with E-state index in [9.17, 15) is 23.3 Å². The Bertz CT molecular complexity index is 1060. The number of nitro benzene ring substituents is 1. The predicted molar refractivity (Wildman–Crippen MR) is 132 cm³/mol. The first-order valence-electron chi connectivity index (χ1n) is 11.0. The van der Waals surface area contributed by atoms with Gasteiger partial charge in [0.1, 0.15) is 6.10 Å². The van der Waals surface area contributed by atoms with Crippen LogP contribution in [-0.2, 0) is 24.0 Å². The molecule has 0 amide bonds. The molecule has 34 heavy (non-hydrogen) atoms. The Hall–Kier alpha value is -2.34. The zero-order chi connectivity index (χ0) is 25.9. The lowest BCUT2D eigenvalue weighted by atomic mass is 10.0. The standard InChI is InChI=1S/C23H34N2O7SSi/c1-8-20(32-34(6,7)23(3,4)5)22(31-17(2)26)19-14-11-12-16-24(19)33(29,30)21-15-10-9-13-18(21)25(27)28/h8-11,13-15,19-20,22H,1,12,16H2,2-7H3/t19-,20-,22+/m1/s1. The van der Waals surface area contributed by atoms with E-state index < -0.39 is 58.1 Å². The van der Waals surface area contributed by atoms with Crippen molar-refractivity contribution in [2.24, 2.45) is 0 Å². The Morgan fingerprint density at radius 3 is 2.47 bits per heavy atom. The molecule has 1 aromatic carbocycles. The zero-order valence-corrected chi connectivity index (χ0v) is 22.4. The summed E-state index contributed by atoms with van der Waals surface area (Å²) in [5.74, 6) is -0.599. The van der Waals surface area contributed by atoms with Crippen LogP contribution in [0.3, 0.4) is 0 Å². The van der Waals surface area contributed by atoms with Crippen LogP contribution in [0, 0.1) is 10.1 Å². The SMILES string of the molecule is C=C[C@@H](O[Si](C)(C)C(C)(C)C)[C@@H](OC(C)=O)[C@H]1C=CCCN1S(=O)(=O)c1ccccc1[N+](=O)[O-]. The number of hydrogen-bond acceptors (Lipinski definition) is 7. The van der Waals surface area contributed by atoms with Gasteiger partial charge in [0.2, 0.25) is 0 Å². The number of carbonyl (C=O) groups is 1. The smallest absolute Gasteiger partial charge is 0.303 e. The molecule has 188 valence electrons. The topological polar surface area (TPSA) is 116 Å². The van der Waals surface area contributed by atoms with Crippen molar-refractivity contribution in [1.29, 1.82) is 0 Å². The van der Waals surface area contributed by atoms with Crippen LogP contribution in [0.4, 0.5) is 5.69 Å². The summed E-state index contributed by atoms with van der Waals surface area (Å²) in [6.07, 6.45) is 3.56. The molecule has 0 spiro atoms. The highest BCUT2D eigenvalue weighted by atomic mass is 32.2. The third kappa shape index (κ3) is 6.01. The zero-order valence-electron chi connectivity index (χ0n) is 20.6. The molecule has 0 saturated carbocycles. The maximum atomic E-state index is 13.7. The molecule has 0 unspecified atom stereocenters. The van der Waals surface area contributed by atoms with Gasteiger partial charge in [-0.3, -0.25) is 14.9 Å². The number of esters is 1. The summed E-state index contributed by atoms with van der Waals surface area (Å²) >= 11 is 0. The molecule has 11 heteroatoms. The molecule has 0 radical (unpaired) electrons. The molecule has 3 atom stereocenters. The molecule has 1 aliphatic heterocycles. The van der Waals surface area contributed by atoms with Crippen molar-refractivity contribution in [3.8, 4) is 0 Å². The molecular formula is C23H34N2O7SSi. The maximum Gasteiger partial charge on any atom is 0.303 e. The van der Waals surface area contributed by atoms with Gasteiger partial charge in [-0.05, 0) is 30.6 Å². The van der Waals surface area contributed by atoms with Gasteiger partial charge in [-0.1, -0.05) is 51.1 Å². The number of rotatable bonds is 9. The summed E-state index contributed by atoms with van der Waals surface area (Å²) < 4.78 is 40.6. The van der Waals surface area contributed by atoms with Crippen LogP contribution in [0.15, 0.2) is 54.0 Å². The quantitative estimate of drug-likeness (QED) is 0.159. The van der Waals surface area contributed by atoms with Crippen molar-refractivity contribution in [2.45, 2.75) is 75.4 Å². The second kappa shape index (κ2) is 10.5. The van der Waals surface area contributed by atoms with Gasteiger partial charge in [-0.25, -0.2) is 8.42 Å². The maximum absolute atomic E-state index is 13.7. The summed E-state index contributed by atoms with van der Waals surface area (Å²) in [6.45, 7) is 15.4. The molecule has 0 saturated heterocycles. The molecule has 0 bridgehead atoms. The average molecular weight is 511 g/mol. The Morgan fingerprint density at radius 2 is 1.94 bits per heavy atom. The van der Waals surface area contributed by atoms with Crippen LogP contribution >= 0.6 is 0 Å². The van der Waals surface area contributed by atoms with Crippen molar-refractivity contribution >= 4 is 30.0 Å². The molecule has 1 aliphatic rings. The molecule has 0 fully saturated rings. The lowest BCUT2D eigenvalue weighted by molar-refractivity contribution is -0.387. The van der Waals surface area contributed by atoms with Crippen LogP contribution in [-0.4, -0.2) is 56.7 Å². The van der Waals surface area contributed by atoms with Gasteiger partial charge in [-0.2, -0.15) is 4.31 Å². The Labute approximate surface area is 202 Å². The predicted octanol–water partition coefficient (Wildman–Crippen LogP) is 4.42. The van der Waals surface area contributed by atoms with Gasteiger partial charge in [0, 0.05) is 19.5 Å². The number of nitro groups is 1. The lowest BCUT2D eigenvalue weighted by Crippen LogP contribution is -2.56. The molecule has 1 heterocycles. The first-order valence-corrected chi connectivity index (χ1v) is 15.4. The summed E-state index contributed by atoms with van der Waals surface area (Å²) in [5.41, 5.74) is -0.516. The third-order valence-electron chi connectivity index (χ3n) is 6.26. The van der Waals surface area contributed by atoms with Gasteiger partial charge in [0.05, 0.1) is 11.0 Å². The van der Waals surface area contributed by atoms with E-state index in [-0.39, 0.29) is 11.6 Å². The minimum absolute atomic E-state index is 0.0667. The third-order valence-corrected chi connectivity index (χ3v) is 12.7. The first-order chi connectivity index (χ1) is 15.6. The minimum atomic E-state index is -4.31. The summed E-state index contributed by atoms with van der Waals surface area (Å²) in [5, 5.41) is 11.4. The summed E-state index contributed by atoms with van der Waals surface area (Å²) in [4.78, 5) is 22.5. The van der Waals surface area contributed by atoms with Gasteiger partial charge in [0.15, 0.2) is 19.3 Å². The molecule has 1 aromatic rings. The van der Waals surface area contributed by atoms with Crippen LogP contribution in [0.25, 0.3) is 0 Å². The Morgan fingerprint density at radius 1 is 1.32 bits per heavy atom. The van der Waals surface area contributed by atoms with Gasteiger partial charge in [-0.15, -0.1) is 6.58 Å². The van der Waals surface area contributed by atoms with Crippen molar-refractivity contribution < 1.29 is 27.3 Å². The number of hydrogen-bond donors (Lipinski definition) is 0. The molecule has 2 rings (SSSR count). The van der Waals surface area contributed by atoms with Crippen LogP contribution in [0.1, 0.15) is 34.1 Å². The summed E-state index contributed by atoms with van der Waals surface area (Å²) in [6, 6.07) is 4.27. The van der Waals surface area contributed by atoms with Crippen molar-refractivity contribution in [1.82, 2.24) is 4.31 Å². The molecular weight excluding hydrogens is 476 g/mol. The molecule has 0 aliphatic carbocycles. The molecule has 9 nitrogen and oxygen atoms in total. The summed E-state index contributed by atoms with van der Waals surface area (Å²) in [7, 11) is -6.68. The van der Waals surface area contributed by atoms with Crippen LogP contribution < -0.4 is 0 Å². The molecule has 0 N–H and O–H groups in total. The normalized spacial score (nSPS) is 19.3. The minimum Gasteiger partial charge on any atom is -0.457 e. The Kier molecular flexibility index (Phi) is 8.62. The number of para-hydroxylation sites is 1.